The number of hydrogen-bond donors (Lipinski definition) is 0. The third-order valence-electron chi connectivity index (χ3n) is 4.38. The van der Waals surface area contributed by atoms with Crippen LogP contribution < -0.4 is 0 Å². The molecule has 3 fully saturated rings. The van der Waals surface area contributed by atoms with Gasteiger partial charge in [0.15, 0.2) is 0 Å². The quantitative estimate of drug-likeness (QED) is 0.735. The van der Waals surface area contributed by atoms with E-state index in [4.69, 9.17) is 4.74 Å². The molecule has 0 radical (unpaired) electrons. The smallest absolute Gasteiger partial charge is 0.236 e. The molecular formula is C14H24N2O2. The first kappa shape index (κ1) is 12.4. The lowest BCUT2D eigenvalue weighted by atomic mass is 10.1. The molecular weight excluding hydrogens is 228 g/mol. The van der Waals surface area contributed by atoms with Gasteiger partial charge in [0.2, 0.25) is 5.91 Å². The SMILES string of the molecule is O=C(CN(C[C@@H]1CCOC1)C1CC1)N1CCCC1. The zero-order chi connectivity index (χ0) is 12.4. The Morgan fingerprint density at radius 1 is 1.22 bits per heavy atom. The Balaban J connectivity index is 1.51. The van der Waals surface area contributed by atoms with E-state index in [0.717, 1.165) is 32.8 Å². The molecule has 4 heteroatoms. The Labute approximate surface area is 109 Å². The van der Waals surface area contributed by atoms with Crippen molar-refractivity contribution in [2.24, 2.45) is 5.92 Å². The molecule has 3 aliphatic rings. The lowest BCUT2D eigenvalue weighted by molar-refractivity contribution is -0.131. The van der Waals surface area contributed by atoms with Crippen molar-refractivity contribution < 1.29 is 9.53 Å². The van der Waals surface area contributed by atoms with Gasteiger partial charge in [0, 0.05) is 32.3 Å². The van der Waals surface area contributed by atoms with Crippen LogP contribution >= 0.6 is 0 Å². The van der Waals surface area contributed by atoms with E-state index in [0.29, 0.717) is 24.4 Å². The summed E-state index contributed by atoms with van der Waals surface area (Å²) in [7, 11) is 0. The second kappa shape index (κ2) is 5.57. The molecule has 2 heterocycles. The topological polar surface area (TPSA) is 32.8 Å². The van der Waals surface area contributed by atoms with Gasteiger partial charge >= 0.3 is 0 Å². The summed E-state index contributed by atoms with van der Waals surface area (Å²) in [6.07, 6.45) is 6.10. The highest BCUT2D eigenvalue weighted by atomic mass is 16.5. The first-order chi connectivity index (χ1) is 8.83. The van der Waals surface area contributed by atoms with E-state index in [1.807, 2.05) is 4.90 Å². The van der Waals surface area contributed by atoms with Crippen molar-refractivity contribution in [3.8, 4) is 0 Å². The van der Waals surface area contributed by atoms with E-state index in [9.17, 15) is 4.79 Å². The Morgan fingerprint density at radius 2 is 2.00 bits per heavy atom. The summed E-state index contributed by atoms with van der Waals surface area (Å²) in [5, 5.41) is 0. The van der Waals surface area contributed by atoms with E-state index in [1.165, 1.54) is 32.1 Å². The lowest BCUT2D eigenvalue weighted by Crippen LogP contribution is -2.42. The molecule has 2 aliphatic heterocycles. The van der Waals surface area contributed by atoms with Gasteiger partial charge in [-0.25, -0.2) is 0 Å². The van der Waals surface area contributed by atoms with Gasteiger partial charge in [-0.15, -0.1) is 0 Å². The average Bonchev–Trinajstić information content (AvgIpc) is 2.88. The summed E-state index contributed by atoms with van der Waals surface area (Å²) in [5.74, 6) is 0.996. The van der Waals surface area contributed by atoms with Crippen LogP contribution in [0.25, 0.3) is 0 Å². The van der Waals surface area contributed by atoms with Crippen molar-refractivity contribution in [3.63, 3.8) is 0 Å². The normalized spacial score (nSPS) is 28.3. The van der Waals surface area contributed by atoms with E-state index in [2.05, 4.69) is 4.90 Å². The van der Waals surface area contributed by atoms with Gasteiger partial charge in [0.05, 0.1) is 13.2 Å². The van der Waals surface area contributed by atoms with Crippen molar-refractivity contribution >= 4 is 5.91 Å². The van der Waals surface area contributed by atoms with Crippen molar-refractivity contribution in [2.75, 3.05) is 39.4 Å². The van der Waals surface area contributed by atoms with Crippen LogP contribution in [0.2, 0.25) is 0 Å². The Hall–Kier alpha value is -0.610. The summed E-state index contributed by atoms with van der Waals surface area (Å²) in [4.78, 5) is 16.7. The number of amides is 1. The number of ether oxygens (including phenoxy) is 1. The standard InChI is InChI=1S/C14H24N2O2/c17-14(15-6-1-2-7-15)10-16(13-3-4-13)9-12-5-8-18-11-12/h12-13H,1-11H2/t12-/m0/s1. The first-order valence-electron chi connectivity index (χ1n) is 7.42. The van der Waals surface area contributed by atoms with Crippen molar-refractivity contribution in [1.29, 1.82) is 0 Å². The minimum absolute atomic E-state index is 0.346. The fourth-order valence-corrected chi connectivity index (χ4v) is 3.08. The molecule has 0 aromatic carbocycles. The molecule has 2 saturated heterocycles. The summed E-state index contributed by atoms with van der Waals surface area (Å²) in [5.41, 5.74) is 0. The van der Waals surface area contributed by atoms with Gasteiger partial charge in [0.1, 0.15) is 0 Å². The Kier molecular flexibility index (Phi) is 3.85. The van der Waals surface area contributed by atoms with E-state index in [-0.39, 0.29) is 0 Å². The predicted molar refractivity (Wildman–Crippen MR) is 69.3 cm³/mol. The maximum atomic E-state index is 12.2. The molecule has 0 N–H and O–H groups in total. The molecule has 3 rings (SSSR count). The number of carbonyl (C=O) groups excluding carboxylic acids is 1. The third kappa shape index (κ3) is 3.04. The second-order valence-electron chi connectivity index (χ2n) is 5.98. The molecule has 0 aromatic heterocycles. The van der Waals surface area contributed by atoms with Crippen LogP contribution in [0.5, 0.6) is 0 Å². The van der Waals surface area contributed by atoms with E-state index >= 15 is 0 Å². The molecule has 1 aliphatic carbocycles. The van der Waals surface area contributed by atoms with Crippen molar-refractivity contribution in [3.05, 3.63) is 0 Å². The highest BCUT2D eigenvalue weighted by Gasteiger charge is 2.33. The molecule has 102 valence electrons. The van der Waals surface area contributed by atoms with Crippen LogP contribution in [0.4, 0.5) is 0 Å². The molecule has 0 unspecified atom stereocenters. The summed E-state index contributed by atoms with van der Waals surface area (Å²) < 4.78 is 5.44. The Bertz CT molecular complexity index is 292. The monoisotopic (exact) mass is 252 g/mol. The molecule has 18 heavy (non-hydrogen) atoms. The zero-order valence-electron chi connectivity index (χ0n) is 11.1. The van der Waals surface area contributed by atoms with E-state index in [1.54, 1.807) is 0 Å². The minimum atomic E-state index is 0.346. The zero-order valence-corrected chi connectivity index (χ0v) is 11.1. The van der Waals surface area contributed by atoms with Gasteiger partial charge in [0.25, 0.3) is 0 Å². The molecule has 4 nitrogen and oxygen atoms in total. The first-order valence-corrected chi connectivity index (χ1v) is 7.42. The molecule has 1 saturated carbocycles. The van der Waals surface area contributed by atoms with Crippen molar-refractivity contribution in [2.45, 2.75) is 38.1 Å². The van der Waals surface area contributed by atoms with Crippen LogP contribution in [0.15, 0.2) is 0 Å². The Morgan fingerprint density at radius 3 is 2.61 bits per heavy atom. The van der Waals surface area contributed by atoms with Crippen LogP contribution in [0.1, 0.15) is 32.1 Å². The average molecular weight is 252 g/mol. The summed E-state index contributed by atoms with van der Waals surface area (Å²) >= 11 is 0. The number of carbonyl (C=O) groups is 1. The lowest BCUT2D eigenvalue weighted by Gasteiger charge is -2.26. The summed E-state index contributed by atoms with van der Waals surface area (Å²) in [6, 6.07) is 0.678. The van der Waals surface area contributed by atoms with Crippen LogP contribution in [0, 0.1) is 5.92 Å². The number of likely N-dealkylation sites (tertiary alicyclic amines) is 1. The minimum Gasteiger partial charge on any atom is -0.381 e. The van der Waals surface area contributed by atoms with Crippen LogP contribution in [-0.4, -0.2) is 61.1 Å². The molecule has 0 aromatic rings. The highest BCUT2D eigenvalue weighted by molar-refractivity contribution is 5.78. The van der Waals surface area contributed by atoms with Crippen molar-refractivity contribution in [1.82, 2.24) is 9.80 Å². The third-order valence-corrected chi connectivity index (χ3v) is 4.38. The molecule has 0 spiro atoms. The fourth-order valence-electron chi connectivity index (χ4n) is 3.08. The highest BCUT2D eigenvalue weighted by Crippen LogP contribution is 2.29. The van der Waals surface area contributed by atoms with Gasteiger partial charge < -0.3 is 9.64 Å². The van der Waals surface area contributed by atoms with E-state index < -0.39 is 0 Å². The fraction of sp³-hybridized carbons (Fsp3) is 0.929. The van der Waals surface area contributed by atoms with Crippen LogP contribution in [-0.2, 0) is 9.53 Å². The number of rotatable bonds is 5. The summed E-state index contributed by atoms with van der Waals surface area (Å²) in [6.45, 7) is 5.45. The number of nitrogens with zero attached hydrogens (tertiary/aromatic N) is 2. The van der Waals surface area contributed by atoms with Crippen LogP contribution in [0.3, 0.4) is 0 Å². The maximum Gasteiger partial charge on any atom is 0.236 e. The van der Waals surface area contributed by atoms with Gasteiger partial charge in [-0.1, -0.05) is 0 Å². The molecule has 1 atom stereocenters. The van der Waals surface area contributed by atoms with Gasteiger partial charge in [-0.2, -0.15) is 0 Å². The largest absolute Gasteiger partial charge is 0.381 e. The van der Waals surface area contributed by atoms with Gasteiger partial charge in [-0.3, -0.25) is 9.69 Å². The molecule has 1 amide bonds. The maximum absolute atomic E-state index is 12.2. The predicted octanol–water partition coefficient (Wildman–Crippen LogP) is 1.11. The number of hydrogen-bond acceptors (Lipinski definition) is 3. The molecule has 0 bridgehead atoms. The van der Waals surface area contributed by atoms with Gasteiger partial charge in [-0.05, 0) is 38.0 Å². The second-order valence-corrected chi connectivity index (χ2v) is 5.98.